The van der Waals surface area contributed by atoms with Crippen LogP contribution < -0.4 is 11.1 Å². The van der Waals surface area contributed by atoms with Crippen molar-refractivity contribution >= 4 is 39.5 Å². The van der Waals surface area contributed by atoms with E-state index in [1.165, 1.54) is 11.3 Å². The van der Waals surface area contributed by atoms with E-state index in [-0.39, 0.29) is 16.1 Å². The zero-order valence-electron chi connectivity index (χ0n) is 14.8. The van der Waals surface area contributed by atoms with Crippen molar-refractivity contribution in [2.24, 2.45) is 11.7 Å². The lowest BCUT2D eigenvalue weighted by Gasteiger charge is -2.18. The summed E-state index contributed by atoms with van der Waals surface area (Å²) in [6, 6.07) is 2.76. The van der Waals surface area contributed by atoms with Crippen LogP contribution in [0.15, 0.2) is 18.2 Å². The van der Waals surface area contributed by atoms with E-state index in [0.29, 0.717) is 12.3 Å². The van der Waals surface area contributed by atoms with Crippen LogP contribution in [0, 0.1) is 26.1 Å². The van der Waals surface area contributed by atoms with Crippen molar-refractivity contribution in [1.29, 1.82) is 0 Å². The summed E-state index contributed by atoms with van der Waals surface area (Å²) in [4.78, 5) is 46.0. The van der Waals surface area contributed by atoms with Crippen molar-refractivity contribution in [2.75, 3.05) is 5.32 Å². The summed E-state index contributed by atoms with van der Waals surface area (Å²) in [6.07, 6.45) is 2.37. The molecule has 0 saturated heterocycles. The predicted octanol–water partition coefficient (Wildman–Crippen LogP) is 3.04. The van der Waals surface area contributed by atoms with Gasteiger partial charge in [0.2, 0.25) is 0 Å². The molecule has 3 rings (SSSR count). The van der Waals surface area contributed by atoms with Gasteiger partial charge in [-0.1, -0.05) is 6.92 Å². The maximum Gasteiger partial charge on any atom is 0.289 e. The van der Waals surface area contributed by atoms with E-state index in [0.717, 1.165) is 41.5 Å². The van der Waals surface area contributed by atoms with Crippen LogP contribution in [0.25, 0.3) is 0 Å². The summed E-state index contributed by atoms with van der Waals surface area (Å²) in [7, 11) is 0. The van der Waals surface area contributed by atoms with Gasteiger partial charge in [-0.25, -0.2) is 0 Å². The van der Waals surface area contributed by atoms with Crippen molar-refractivity contribution in [3.05, 3.63) is 60.0 Å². The second kappa shape index (κ2) is 7.35. The Morgan fingerprint density at radius 3 is 2.57 bits per heavy atom. The minimum Gasteiger partial charge on any atom is -0.365 e. The van der Waals surface area contributed by atoms with Gasteiger partial charge in [0.15, 0.2) is 0 Å². The number of nitrogens with two attached hydrogens (primary N) is 1. The summed E-state index contributed by atoms with van der Waals surface area (Å²) in [5, 5.41) is 24.9. The third-order valence-electron chi connectivity index (χ3n) is 4.61. The Bertz CT molecular complexity index is 1020. The maximum atomic E-state index is 12.6. The number of fused-ring (bicyclic) bond motifs is 1. The third-order valence-corrected chi connectivity index (χ3v) is 5.82. The highest BCUT2D eigenvalue weighted by molar-refractivity contribution is 7.17. The van der Waals surface area contributed by atoms with Crippen LogP contribution in [0.5, 0.6) is 0 Å². The number of benzene rings is 1. The third kappa shape index (κ3) is 3.56. The first-order valence-electron chi connectivity index (χ1n) is 8.37. The number of nitrogens with zero attached hydrogens (tertiary/aromatic N) is 2. The van der Waals surface area contributed by atoms with Crippen LogP contribution in [-0.4, -0.2) is 21.7 Å². The molecule has 0 radical (unpaired) electrons. The van der Waals surface area contributed by atoms with Crippen molar-refractivity contribution in [1.82, 2.24) is 0 Å². The number of carbonyl (C=O) groups is 2. The highest BCUT2D eigenvalue weighted by atomic mass is 32.1. The van der Waals surface area contributed by atoms with Gasteiger partial charge in [0.05, 0.1) is 21.5 Å². The van der Waals surface area contributed by atoms with Gasteiger partial charge < -0.3 is 11.1 Å². The van der Waals surface area contributed by atoms with Gasteiger partial charge in [-0.3, -0.25) is 29.8 Å². The number of hydrogen-bond donors (Lipinski definition) is 2. The fourth-order valence-corrected chi connectivity index (χ4v) is 4.50. The molecule has 0 unspecified atom stereocenters. The summed E-state index contributed by atoms with van der Waals surface area (Å²) >= 11 is 1.23. The molecule has 2 amide bonds. The Morgan fingerprint density at radius 2 is 1.96 bits per heavy atom. The number of nitrogens with one attached hydrogen (secondary N) is 1. The molecule has 10 nitrogen and oxygen atoms in total. The molecule has 1 aromatic heterocycles. The number of thiophene rings is 1. The predicted molar refractivity (Wildman–Crippen MR) is 102 cm³/mol. The van der Waals surface area contributed by atoms with E-state index in [2.05, 4.69) is 12.2 Å². The normalized spacial score (nSPS) is 15.5. The summed E-state index contributed by atoms with van der Waals surface area (Å²) in [5.74, 6) is -1.14. The fourth-order valence-electron chi connectivity index (χ4n) is 3.25. The van der Waals surface area contributed by atoms with Gasteiger partial charge in [-0.05, 0) is 36.8 Å². The molecule has 28 heavy (non-hydrogen) atoms. The molecule has 0 bridgehead atoms. The molecule has 1 aliphatic carbocycles. The first kappa shape index (κ1) is 19.4. The second-order valence-electron chi connectivity index (χ2n) is 6.59. The summed E-state index contributed by atoms with van der Waals surface area (Å²) in [6.45, 7) is 2.06. The number of primary amides is 1. The van der Waals surface area contributed by atoms with E-state index < -0.39 is 33.0 Å². The zero-order chi connectivity index (χ0) is 20.6. The molecule has 0 saturated carbocycles. The molecule has 0 fully saturated rings. The number of hydrogen-bond acceptors (Lipinski definition) is 7. The standard InChI is InChI=1S/C17H16N4O6S/c1-8-2-5-13-11(6-8)14(15(18)22)17(28-13)19-16(23)10-4-3-9(20(24)25)7-12(10)21(26)27/h3-4,7-8H,2,5-6H2,1H3,(H2,18,22)(H,19,23)/t8-/m1/s1. The van der Waals surface area contributed by atoms with Crippen LogP contribution >= 0.6 is 11.3 Å². The Hall–Kier alpha value is -3.34. The number of aryl methyl sites for hydroxylation is 1. The smallest absolute Gasteiger partial charge is 0.289 e. The minimum absolute atomic E-state index is 0.226. The molecule has 1 aliphatic rings. The molecular formula is C17H16N4O6S. The largest absolute Gasteiger partial charge is 0.365 e. The second-order valence-corrected chi connectivity index (χ2v) is 7.70. The van der Waals surface area contributed by atoms with Crippen molar-refractivity contribution in [3.8, 4) is 0 Å². The molecule has 2 aromatic rings. The molecule has 0 spiro atoms. The lowest BCUT2D eigenvalue weighted by molar-refractivity contribution is -0.394. The van der Waals surface area contributed by atoms with Gasteiger partial charge in [0.25, 0.3) is 23.2 Å². The van der Waals surface area contributed by atoms with Crippen LogP contribution in [0.2, 0.25) is 0 Å². The average Bonchev–Trinajstić information content (AvgIpc) is 2.97. The Labute approximate surface area is 162 Å². The van der Waals surface area contributed by atoms with Crippen LogP contribution in [0.3, 0.4) is 0 Å². The van der Waals surface area contributed by atoms with Crippen LogP contribution in [0.4, 0.5) is 16.4 Å². The number of anilines is 1. The number of amides is 2. The van der Waals surface area contributed by atoms with Gasteiger partial charge in [0, 0.05) is 10.9 Å². The monoisotopic (exact) mass is 404 g/mol. The molecule has 11 heteroatoms. The minimum atomic E-state index is -0.863. The quantitative estimate of drug-likeness (QED) is 0.575. The zero-order valence-corrected chi connectivity index (χ0v) is 15.6. The average molecular weight is 404 g/mol. The van der Waals surface area contributed by atoms with Crippen LogP contribution in [0.1, 0.15) is 44.5 Å². The topological polar surface area (TPSA) is 158 Å². The Balaban J connectivity index is 1.99. The number of nitro benzene ring substituents is 2. The van der Waals surface area contributed by atoms with E-state index in [1.807, 2.05) is 0 Å². The number of carbonyl (C=O) groups excluding carboxylic acids is 2. The molecule has 3 N–H and O–H groups in total. The molecule has 1 atom stereocenters. The van der Waals surface area contributed by atoms with Crippen molar-refractivity contribution in [2.45, 2.75) is 26.2 Å². The summed E-state index contributed by atoms with van der Waals surface area (Å²) in [5.41, 5.74) is 5.01. The maximum absolute atomic E-state index is 12.6. The van der Waals surface area contributed by atoms with Gasteiger partial charge in [0.1, 0.15) is 10.6 Å². The lowest BCUT2D eigenvalue weighted by Crippen LogP contribution is -2.20. The highest BCUT2D eigenvalue weighted by Gasteiger charge is 2.29. The van der Waals surface area contributed by atoms with Crippen molar-refractivity contribution in [3.63, 3.8) is 0 Å². The van der Waals surface area contributed by atoms with E-state index in [1.54, 1.807) is 0 Å². The lowest BCUT2D eigenvalue weighted by atomic mass is 9.87. The Kier molecular flexibility index (Phi) is 5.10. The van der Waals surface area contributed by atoms with E-state index >= 15 is 0 Å². The van der Waals surface area contributed by atoms with Gasteiger partial charge >= 0.3 is 0 Å². The number of non-ortho nitro benzene ring substituents is 1. The van der Waals surface area contributed by atoms with Gasteiger partial charge in [-0.15, -0.1) is 11.3 Å². The molecule has 0 aliphatic heterocycles. The first-order valence-corrected chi connectivity index (χ1v) is 9.19. The number of nitro groups is 2. The Morgan fingerprint density at radius 1 is 1.25 bits per heavy atom. The van der Waals surface area contributed by atoms with Crippen molar-refractivity contribution < 1.29 is 19.4 Å². The first-order chi connectivity index (χ1) is 13.2. The molecule has 146 valence electrons. The molecule has 1 heterocycles. The van der Waals surface area contributed by atoms with Gasteiger partial charge in [-0.2, -0.15) is 0 Å². The van der Waals surface area contributed by atoms with E-state index in [9.17, 15) is 29.8 Å². The van der Waals surface area contributed by atoms with E-state index in [4.69, 9.17) is 5.73 Å². The molecule has 1 aromatic carbocycles. The SMILES string of the molecule is C[C@@H]1CCc2sc(NC(=O)c3ccc([N+](=O)[O-])cc3[N+](=O)[O-])c(C(N)=O)c2C1. The van der Waals surface area contributed by atoms with Crippen LogP contribution in [-0.2, 0) is 12.8 Å². The molecular weight excluding hydrogens is 388 g/mol. The highest BCUT2D eigenvalue weighted by Crippen LogP contribution is 2.40. The number of rotatable bonds is 5. The fraction of sp³-hybridized carbons (Fsp3) is 0.294. The summed E-state index contributed by atoms with van der Waals surface area (Å²) < 4.78 is 0.